The van der Waals surface area contributed by atoms with E-state index >= 15 is 0 Å². The molecule has 1 unspecified atom stereocenters. The topological polar surface area (TPSA) is 106 Å². The normalized spacial score (nSPS) is 12.0. The van der Waals surface area contributed by atoms with E-state index in [4.69, 9.17) is 0 Å². The highest BCUT2D eigenvalue weighted by molar-refractivity contribution is 7.20. The smallest absolute Gasteiger partial charge is 0.266 e. The van der Waals surface area contributed by atoms with Gasteiger partial charge in [-0.1, -0.05) is 24.6 Å². The molecule has 170 valence electrons. The van der Waals surface area contributed by atoms with E-state index in [9.17, 15) is 14.4 Å². The third-order valence-electron chi connectivity index (χ3n) is 5.40. The van der Waals surface area contributed by atoms with Gasteiger partial charge in [-0.2, -0.15) is 0 Å². The van der Waals surface area contributed by atoms with Crippen molar-refractivity contribution in [3.05, 3.63) is 68.0 Å². The van der Waals surface area contributed by atoms with Crippen LogP contribution in [-0.4, -0.2) is 26.3 Å². The van der Waals surface area contributed by atoms with E-state index < -0.39 is 6.04 Å². The number of amides is 2. The molecule has 8 nitrogen and oxygen atoms in total. The lowest BCUT2D eigenvalue weighted by atomic mass is 10.1. The van der Waals surface area contributed by atoms with Crippen molar-refractivity contribution < 1.29 is 9.59 Å². The lowest BCUT2D eigenvalue weighted by Gasteiger charge is -2.16. The third-order valence-corrected chi connectivity index (χ3v) is 7.29. The number of thiophene rings is 1. The Kier molecular flexibility index (Phi) is 6.39. The molecule has 10 heteroatoms. The summed E-state index contributed by atoms with van der Waals surface area (Å²) in [5, 5.41) is 8.26. The van der Waals surface area contributed by atoms with E-state index in [1.807, 2.05) is 39.0 Å². The molecule has 0 aliphatic rings. The summed E-state index contributed by atoms with van der Waals surface area (Å²) in [5.74, 6) is -0.627. The van der Waals surface area contributed by atoms with Gasteiger partial charge in [0.25, 0.3) is 11.5 Å². The molecule has 3 heterocycles. The summed E-state index contributed by atoms with van der Waals surface area (Å²) < 4.78 is 1.33. The molecular weight excluding hydrogens is 458 g/mol. The predicted molar refractivity (Wildman–Crippen MR) is 133 cm³/mol. The molecular formula is C23H23N5O3S2. The fraction of sp³-hybridized carbons (Fsp3) is 0.261. The average Bonchev–Trinajstić information content (AvgIpc) is 3.40. The number of rotatable bonds is 6. The first-order valence-electron chi connectivity index (χ1n) is 10.4. The molecule has 0 saturated carbocycles. The maximum absolute atomic E-state index is 13.3. The zero-order chi connectivity index (χ0) is 23.7. The molecule has 4 aromatic rings. The van der Waals surface area contributed by atoms with Gasteiger partial charge in [-0.25, -0.2) is 9.97 Å². The molecule has 0 saturated heterocycles. The van der Waals surface area contributed by atoms with E-state index in [1.165, 1.54) is 33.6 Å². The van der Waals surface area contributed by atoms with Gasteiger partial charge in [0.05, 0.1) is 16.6 Å². The fourth-order valence-electron chi connectivity index (χ4n) is 3.69. The maximum atomic E-state index is 13.3. The lowest BCUT2D eigenvalue weighted by molar-refractivity contribution is -0.119. The lowest BCUT2D eigenvalue weighted by Crippen LogP contribution is -2.33. The van der Waals surface area contributed by atoms with Gasteiger partial charge >= 0.3 is 0 Å². The minimum absolute atomic E-state index is 0.290. The molecule has 4 rings (SSSR count). The van der Waals surface area contributed by atoms with Crippen LogP contribution >= 0.6 is 22.7 Å². The average molecular weight is 482 g/mol. The van der Waals surface area contributed by atoms with Gasteiger partial charge in [-0.3, -0.25) is 19.0 Å². The molecule has 33 heavy (non-hydrogen) atoms. The van der Waals surface area contributed by atoms with E-state index in [0.717, 1.165) is 16.8 Å². The van der Waals surface area contributed by atoms with Crippen molar-refractivity contribution in [3.63, 3.8) is 0 Å². The van der Waals surface area contributed by atoms with E-state index in [-0.39, 0.29) is 17.4 Å². The molecule has 1 atom stereocenters. The number of nitrogens with one attached hydrogen (secondary N) is 2. The van der Waals surface area contributed by atoms with Crippen LogP contribution in [0.4, 0.5) is 10.8 Å². The van der Waals surface area contributed by atoms with Crippen LogP contribution in [0.1, 0.15) is 45.7 Å². The van der Waals surface area contributed by atoms with Crippen LogP contribution in [0.3, 0.4) is 0 Å². The number of hydrogen-bond donors (Lipinski definition) is 2. The van der Waals surface area contributed by atoms with Gasteiger partial charge in [0, 0.05) is 17.3 Å². The summed E-state index contributed by atoms with van der Waals surface area (Å²) in [7, 11) is 0. The summed E-state index contributed by atoms with van der Waals surface area (Å²) in [6, 6.07) is 5.05. The number of thiazole rings is 1. The molecule has 1 aromatic carbocycles. The number of carbonyl (C=O) groups is 2. The minimum atomic E-state index is -0.745. The second-order valence-corrected chi connectivity index (χ2v) is 9.61. The zero-order valence-corrected chi connectivity index (χ0v) is 20.3. The van der Waals surface area contributed by atoms with E-state index in [1.54, 1.807) is 18.5 Å². The Bertz CT molecular complexity index is 1410. The van der Waals surface area contributed by atoms with Crippen molar-refractivity contribution in [1.29, 1.82) is 0 Å². The molecule has 0 aliphatic carbocycles. The Balaban J connectivity index is 1.68. The fourth-order valence-corrected chi connectivity index (χ4v) is 5.26. The summed E-state index contributed by atoms with van der Waals surface area (Å²) in [4.78, 5) is 48.5. The van der Waals surface area contributed by atoms with E-state index in [2.05, 4.69) is 20.6 Å². The van der Waals surface area contributed by atoms with Gasteiger partial charge in [0.2, 0.25) is 5.91 Å². The number of anilines is 2. The Morgan fingerprint density at radius 3 is 2.61 bits per heavy atom. The van der Waals surface area contributed by atoms with Crippen molar-refractivity contribution in [2.24, 2.45) is 0 Å². The van der Waals surface area contributed by atoms with Gasteiger partial charge in [0.15, 0.2) is 5.13 Å². The first-order valence-corrected chi connectivity index (χ1v) is 12.1. The minimum Gasteiger partial charge on any atom is -0.321 e. The summed E-state index contributed by atoms with van der Waals surface area (Å²) in [5.41, 5.74) is 3.00. The molecule has 0 aliphatic heterocycles. The first kappa shape index (κ1) is 22.8. The van der Waals surface area contributed by atoms with Gasteiger partial charge in [-0.05, 0) is 44.4 Å². The quantitative estimate of drug-likeness (QED) is 0.416. The predicted octanol–water partition coefficient (Wildman–Crippen LogP) is 4.68. The van der Waals surface area contributed by atoms with Gasteiger partial charge in [0.1, 0.15) is 10.9 Å². The van der Waals surface area contributed by atoms with Crippen LogP contribution in [0, 0.1) is 20.8 Å². The Labute approximate surface area is 198 Å². The largest absolute Gasteiger partial charge is 0.321 e. The Morgan fingerprint density at radius 1 is 1.15 bits per heavy atom. The Morgan fingerprint density at radius 2 is 1.94 bits per heavy atom. The number of aryl methyl sites for hydroxylation is 3. The zero-order valence-electron chi connectivity index (χ0n) is 18.6. The first-order chi connectivity index (χ1) is 15.8. The molecule has 0 bridgehead atoms. The van der Waals surface area contributed by atoms with Gasteiger partial charge in [-0.15, -0.1) is 22.7 Å². The third kappa shape index (κ3) is 4.44. The summed E-state index contributed by atoms with van der Waals surface area (Å²) in [6.45, 7) is 7.49. The SMILES string of the molecule is CCC(C(=O)Nc1nccs1)n1cnc2sc(C(=O)Nc3ccc(C)cc3C)c(C)c2c1=O. The van der Waals surface area contributed by atoms with Crippen LogP contribution in [-0.2, 0) is 4.79 Å². The van der Waals surface area contributed by atoms with Crippen molar-refractivity contribution >= 4 is 55.5 Å². The van der Waals surface area contributed by atoms with Crippen LogP contribution in [0.5, 0.6) is 0 Å². The number of aromatic nitrogens is 3. The van der Waals surface area contributed by atoms with Crippen LogP contribution < -0.4 is 16.2 Å². The van der Waals surface area contributed by atoms with Crippen molar-refractivity contribution in [2.45, 2.75) is 40.2 Å². The highest BCUT2D eigenvalue weighted by Crippen LogP contribution is 2.29. The standard InChI is InChI=1S/C23H23N5O3S2/c1-5-16(19(29)27-23-24-8-9-32-23)28-11-25-21-17(22(28)31)14(4)18(33-21)20(30)26-15-7-6-12(2)10-13(15)3/h6-11,16H,5H2,1-4H3,(H,26,30)(H,24,27,29). The van der Waals surface area contributed by atoms with Gasteiger partial charge < -0.3 is 10.6 Å². The summed E-state index contributed by atoms with van der Waals surface area (Å²) in [6.07, 6.45) is 3.37. The monoisotopic (exact) mass is 481 g/mol. The second kappa shape index (κ2) is 9.24. The highest BCUT2D eigenvalue weighted by atomic mass is 32.1. The van der Waals surface area contributed by atoms with Crippen molar-refractivity contribution in [3.8, 4) is 0 Å². The number of hydrogen-bond acceptors (Lipinski definition) is 7. The van der Waals surface area contributed by atoms with Crippen LogP contribution in [0.2, 0.25) is 0 Å². The Hall–Kier alpha value is -3.37. The van der Waals surface area contributed by atoms with Crippen molar-refractivity contribution in [2.75, 3.05) is 10.6 Å². The molecule has 0 fully saturated rings. The molecule has 2 amide bonds. The molecule has 0 spiro atoms. The number of nitrogens with zero attached hydrogens (tertiary/aromatic N) is 3. The number of fused-ring (bicyclic) bond motifs is 1. The maximum Gasteiger partial charge on any atom is 0.266 e. The van der Waals surface area contributed by atoms with Crippen molar-refractivity contribution in [1.82, 2.24) is 14.5 Å². The second-order valence-electron chi connectivity index (χ2n) is 7.72. The molecule has 3 aromatic heterocycles. The summed E-state index contributed by atoms with van der Waals surface area (Å²) >= 11 is 2.47. The number of benzene rings is 1. The van der Waals surface area contributed by atoms with Crippen LogP contribution in [0.25, 0.3) is 10.2 Å². The molecule has 2 N–H and O–H groups in total. The highest BCUT2D eigenvalue weighted by Gasteiger charge is 2.25. The number of carbonyl (C=O) groups excluding carboxylic acids is 2. The van der Waals surface area contributed by atoms with E-state index in [0.29, 0.717) is 32.2 Å². The van der Waals surface area contributed by atoms with Crippen LogP contribution in [0.15, 0.2) is 40.9 Å². The molecule has 0 radical (unpaired) electrons.